The Balaban J connectivity index is 2.25. The Hall–Kier alpha value is -2.13. The first-order chi connectivity index (χ1) is 10.6. The molecule has 9 heteroatoms. The lowest BCUT2D eigenvalue weighted by Crippen LogP contribution is -2.30. The summed E-state index contributed by atoms with van der Waals surface area (Å²) < 4.78 is 37.9. The molecule has 0 radical (unpaired) electrons. The molecule has 2 rings (SSSR count). The quantitative estimate of drug-likeness (QED) is 0.634. The minimum absolute atomic E-state index is 0.0847. The van der Waals surface area contributed by atoms with Crippen LogP contribution >= 0.6 is 11.3 Å². The molecule has 1 aromatic heterocycles. The number of aliphatic hydroxyl groups is 1. The number of halogens is 3. The van der Waals surface area contributed by atoms with Crippen LogP contribution in [0.15, 0.2) is 35.0 Å². The summed E-state index contributed by atoms with van der Waals surface area (Å²) >= 11 is 1.38. The number of anilines is 1. The van der Waals surface area contributed by atoms with Crippen LogP contribution in [0, 0.1) is 10.1 Å². The summed E-state index contributed by atoms with van der Waals surface area (Å²) in [6, 6.07) is 3.93. The van der Waals surface area contributed by atoms with Crippen molar-refractivity contribution in [2.24, 2.45) is 0 Å². The summed E-state index contributed by atoms with van der Waals surface area (Å²) in [7, 11) is 0. The number of rotatable bonds is 5. The smallest absolute Gasteiger partial charge is 0.384 e. The molecular weight excluding hydrogens is 333 g/mol. The van der Waals surface area contributed by atoms with Gasteiger partial charge in [0.2, 0.25) is 0 Å². The van der Waals surface area contributed by atoms with Crippen LogP contribution in [0.4, 0.5) is 24.5 Å². The zero-order chi connectivity index (χ0) is 17.3. The van der Waals surface area contributed by atoms with Crippen LogP contribution in [0.3, 0.4) is 0 Å². The molecule has 1 aromatic carbocycles. The maximum atomic E-state index is 12.6. The predicted molar refractivity (Wildman–Crippen MR) is 80.5 cm³/mol. The first kappa shape index (κ1) is 17.2. The zero-order valence-corrected chi connectivity index (χ0v) is 12.7. The molecule has 0 bridgehead atoms. The van der Waals surface area contributed by atoms with E-state index in [1.165, 1.54) is 18.3 Å². The van der Waals surface area contributed by atoms with Gasteiger partial charge in [-0.15, -0.1) is 0 Å². The van der Waals surface area contributed by atoms with Crippen LogP contribution in [0.2, 0.25) is 0 Å². The van der Waals surface area contributed by atoms with Crippen molar-refractivity contribution in [3.8, 4) is 0 Å². The fraction of sp³-hybridized carbons (Fsp3) is 0.286. The van der Waals surface area contributed by atoms with Gasteiger partial charge in [-0.05, 0) is 41.4 Å². The van der Waals surface area contributed by atoms with Crippen LogP contribution in [0.25, 0.3) is 0 Å². The lowest BCUT2D eigenvalue weighted by molar-refractivity contribution is -0.384. The van der Waals surface area contributed by atoms with Crippen molar-refractivity contribution in [1.82, 2.24) is 0 Å². The Kier molecular flexibility index (Phi) is 4.62. The van der Waals surface area contributed by atoms with Crippen molar-refractivity contribution in [2.45, 2.75) is 18.7 Å². The topological polar surface area (TPSA) is 75.4 Å². The molecule has 0 fully saturated rings. The molecule has 0 amide bonds. The maximum Gasteiger partial charge on any atom is 0.416 e. The van der Waals surface area contributed by atoms with Gasteiger partial charge in [-0.3, -0.25) is 10.1 Å². The van der Waals surface area contributed by atoms with E-state index in [-0.39, 0.29) is 12.2 Å². The molecular formula is C14H13F3N2O3S. The molecule has 23 heavy (non-hydrogen) atoms. The first-order valence-corrected chi connectivity index (χ1v) is 7.40. The Morgan fingerprint density at radius 1 is 1.30 bits per heavy atom. The molecule has 5 nitrogen and oxygen atoms in total. The van der Waals surface area contributed by atoms with Crippen LogP contribution in [0.1, 0.15) is 18.1 Å². The van der Waals surface area contributed by atoms with E-state index >= 15 is 0 Å². The molecule has 0 spiro atoms. The average Bonchev–Trinajstić information content (AvgIpc) is 2.99. The summed E-state index contributed by atoms with van der Waals surface area (Å²) in [4.78, 5) is 10.1. The van der Waals surface area contributed by atoms with E-state index < -0.39 is 28.0 Å². The molecule has 0 aliphatic rings. The third-order valence-electron chi connectivity index (χ3n) is 3.29. The zero-order valence-electron chi connectivity index (χ0n) is 11.9. The number of nitro groups is 1. The van der Waals surface area contributed by atoms with Crippen molar-refractivity contribution in [3.05, 3.63) is 56.3 Å². The number of hydrogen-bond acceptors (Lipinski definition) is 5. The number of nitrogens with zero attached hydrogens (tertiary/aromatic N) is 1. The summed E-state index contributed by atoms with van der Waals surface area (Å²) in [5.41, 5.74) is -2.57. The summed E-state index contributed by atoms with van der Waals surface area (Å²) in [5, 5.41) is 27.5. The SMILES string of the molecule is CC(O)(CNc1ccc(C(F)(F)F)cc1[N+](=O)[O-])c1ccsc1. The second-order valence-corrected chi connectivity index (χ2v) is 5.91. The monoisotopic (exact) mass is 346 g/mol. The van der Waals surface area contributed by atoms with Gasteiger partial charge in [-0.25, -0.2) is 0 Å². The summed E-state index contributed by atoms with van der Waals surface area (Å²) in [6.45, 7) is 1.42. The van der Waals surface area contributed by atoms with Crippen molar-refractivity contribution in [2.75, 3.05) is 11.9 Å². The Morgan fingerprint density at radius 2 is 2.00 bits per heavy atom. The van der Waals surface area contributed by atoms with Crippen LogP contribution < -0.4 is 5.32 Å². The Morgan fingerprint density at radius 3 is 2.52 bits per heavy atom. The molecule has 1 heterocycles. The van der Waals surface area contributed by atoms with Gasteiger partial charge in [0.25, 0.3) is 5.69 Å². The van der Waals surface area contributed by atoms with Gasteiger partial charge in [0.1, 0.15) is 11.3 Å². The highest BCUT2D eigenvalue weighted by Gasteiger charge is 2.33. The minimum Gasteiger partial charge on any atom is -0.384 e. The molecule has 0 aliphatic carbocycles. The molecule has 1 unspecified atom stereocenters. The number of hydrogen-bond donors (Lipinski definition) is 2. The van der Waals surface area contributed by atoms with Crippen molar-refractivity contribution in [1.29, 1.82) is 0 Å². The number of benzene rings is 1. The van der Waals surface area contributed by atoms with Gasteiger partial charge in [0.15, 0.2) is 0 Å². The van der Waals surface area contributed by atoms with Crippen LogP contribution in [0.5, 0.6) is 0 Å². The standard InChI is InChI=1S/C14H13F3N2O3S/c1-13(20,10-4-5-23-7-10)8-18-11-3-2-9(14(15,16)17)6-12(11)19(21)22/h2-7,18,20H,8H2,1H3. The fourth-order valence-corrected chi connectivity index (χ4v) is 2.73. The van der Waals surface area contributed by atoms with Gasteiger partial charge >= 0.3 is 6.18 Å². The van der Waals surface area contributed by atoms with Crippen molar-refractivity contribution >= 4 is 22.7 Å². The lowest BCUT2D eigenvalue weighted by atomic mass is 9.99. The third kappa shape index (κ3) is 3.99. The maximum absolute atomic E-state index is 12.6. The molecule has 0 aliphatic heterocycles. The predicted octanol–water partition coefficient (Wildman–Crippen LogP) is 3.99. The highest BCUT2D eigenvalue weighted by molar-refractivity contribution is 7.08. The Bertz CT molecular complexity index is 700. The van der Waals surface area contributed by atoms with E-state index in [1.807, 2.05) is 0 Å². The number of nitro benzene ring substituents is 1. The minimum atomic E-state index is -4.66. The Labute approximate surface area is 133 Å². The normalized spacial score (nSPS) is 14.3. The first-order valence-electron chi connectivity index (χ1n) is 6.46. The summed E-state index contributed by atoms with van der Waals surface area (Å²) in [6.07, 6.45) is -4.66. The number of alkyl halides is 3. The van der Waals surface area contributed by atoms with E-state index in [2.05, 4.69) is 5.32 Å². The number of nitrogens with one attached hydrogen (secondary N) is 1. The molecule has 124 valence electrons. The van der Waals surface area contributed by atoms with Gasteiger partial charge in [0.05, 0.1) is 10.5 Å². The van der Waals surface area contributed by atoms with Crippen molar-refractivity contribution in [3.63, 3.8) is 0 Å². The van der Waals surface area contributed by atoms with Gasteiger partial charge in [-0.2, -0.15) is 24.5 Å². The van der Waals surface area contributed by atoms with Crippen LogP contribution in [-0.4, -0.2) is 16.6 Å². The second-order valence-electron chi connectivity index (χ2n) is 5.13. The molecule has 0 saturated heterocycles. The van der Waals surface area contributed by atoms with Gasteiger partial charge in [0, 0.05) is 12.6 Å². The fourth-order valence-electron chi connectivity index (χ4n) is 1.95. The van der Waals surface area contributed by atoms with E-state index in [1.54, 1.807) is 16.8 Å². The van der Waals surface area contributed by atoms with Crippen LogP contribution in [-0.2, 0) is 11.8 Å². The van der Waals surface area contributed by atoms with E-state index in [4.69, 9.17) is 0 Å². The van der Waals surface area contributed by atoms with E-state index in [0.29, 0.717) is 11.6 Å². The molecule has 2 aromatic rings. The summed E-state index contributed by atoms with van der Waals surface area (Å²) in [5.74, 6) is 0. The lowest BCUT2D eigenvalue weighted by Gasteiger charge is -2.23. The second kappa shape index (κ2) is 6.17. The van der Waals surface area contributed by atoms with Crippen molar-refractivity contribution < 1.29 is 23.2 Å². The van der Waals surface area contributed by atoms with E-state index in [0.717, 1.165) is 12.1 Å². The molecule has 1 atom stereocenters. The van der Waals surface area contributed by atoms with Gasteiger partial charge in [-0.1, -0.05) is 0 Å². The average molecular weight is 346 g/mol. The molecule has 2 N–H and O–H groups in total. The highest BCUT2D eigenvalue weighted by Crippen LogP contribution is 2.35. The highest BCUT2D eigenvalue weighted by atomic mass is 32.1. The molecule has 0 saturated carbocycles. The van der Waals surface area contributed by atoms with E-state index in [9.17, 15) is 28.4 Å². The largest absolute Gasteiger partial charge is 0.416 e. The number of thiophene rings is 1. The third-order valence-corrected chi connectivity index (χ3v) is 3.97. The van der Waals surface area contributed by atoms with Gasteiger partial charge < -0.3 is 10.4 Å².